The number of nitrogens with one attached hydrogen (secondary N) is 1. The lowest BCUT2D eigenvalue weighted by atomic mass is 10.1. The van der Waals surface area contributed by atoms with E-state index in [2.05, 4.69) is 26.4 Å². The van der Waals surface area contributed by atoms with Crippen LogP contribution >= 0.6 is 15.9 Å². The lowest BCUT2D eigenvalue weighted by molar-refractivity contribution is 0.102. The normalized spacial score (nSPS) is 11.2. The highest BCUT2D eigenvalue weighted by molar-refractivity contribution is 9.10. The molecule has 0 saturated heterocycles. The second-order valence-corrected chi connectivity index (χ2v) is 5.06. The topological polar surface area (TPSA) is 87.7 Å². The Morgan fingerprint density at radius 3 is 2.62 bits per heavy atom. The van der Waals surface area contributed by atoms with Crippen LogP contribution in [0, 0.1) is 5.82 Å². The van der Waals surface area contributed by atoms with Crippen molar-refractivity contribution < 1.29 is 14.4 Å². The summed E-state index contributed by atoms with van der Waals surface area (Å²) in [7, 11) is 0. The van der Waals surface area contributed by atoms with Gasteiger partial charge in [0, 0.05) is 15.6 Å². The molecule has 0 bridgehead atoms. The van der Waals surface area contributed by atoms with Gasteiger partial charge in [0.1, 0.15) is 5.82 Å². The van der Waals surface area contributed by atoms with Gasteiger partial charge in [-0.1, -0.05) is 33.2 Å². The van der Waals surface area contributed by atoms with E-state index in [4.69, 9.17) is 10.9 Å². The molecule has 108 valence electrons. The van der Waals surface area contributed by atoms with Gasteiger partial charge in [0.2, 0.25) is 0 Å². The highest BCUT2D eigenvalue weighted by Gasteiger charge is 2.11. The second-order valence-electron chi connectivity index (χ2n) is 4.14. The lowest BCUT2D eigenvalue weighted by Gasteiger charge is -2.08. The van der Waals surface area contributed by atoms with E-state index in [9.17, 15) is 9.18 Å². The quantitative estimate of drug-likeness (QED) is 0.344. The molecule has 5 nitrogen and oxygen atoms in total. The molecule has 1 amide bonds. The highest BCUT2D eigenvalue weighted by atomic mass is 79.9. The monoisotopic (exact) mass is 351 g/mol. The van der Waals surface area contributed by atoms with Gasteiger partial charge < -0.3 is 16.3 Å². The number of hydrogen-bond acceptors (Lipinski definition) is 3. The number of benzene rings is 2. The van der Waals surface area contributed by atoms with E-state index in [1.54, 1.807) is 24.3 Å². The molecule has 4 N–H and O–H groups in total. The van der Waals surface area contributed by atoms with Crippen molar-refractivity contribution in [2.45, 2.75) is 0 Å². The van der Waals surface area contributed by atoms with Crippen LogP contribution in [0.25, 0.3) is 0 Å². The summed E-state index contributed by atoms with van der Waals surface area (Å²) in [6.45, 7) is 0. The number of nitrogens with two attached hydrogens (primary N) is 1. The van der Waals surface area contributed by atoms with Crippen LogP contribution in [0.2, 0.25) is 0 Å². The smallest absolute Gasteiger partial charge is 0.255 e. The Morgan fingerprint density at radius 1 is 1.24 bits per heavy atom. The van der Waals surface area contributed by atoms with Crippen molar-refractivity contribution in [3.8, 4) is 0 Å². The minimum Gasteiger partial charge on any atom is -0.409 e. The van der Waals surface area contributed by atoms with Gasteiger partial charge in [0.25, 0.3) is 5.91 Å². The predicted molar refractivity (Wildman–Crippen MR) is 81.0 cm³/mol. The maximum Gasteiger partial charge on any atom is 0.255 e. The first-order valence-electron chi connectivity index (χ1n) is 5.85. The number of halogens is 2. The van der Waals surface area contributed by atoms with Crippen molar-refractivity contribution in [2.75, 3.05) is 5.32 Å². The first-order chi connectivity index (χ1) is 10.0. The molecule has 0 heterocycles. The number of amides is 1. The molecule has 0 aliphatic carbocycles. The number of carbonyl (C=O) groups is 1. The molecular formula is C14H11BrFN3O2. The van der Waals surface area contributed by atoms with Crippen LogP contribution in [0.3, 0.4) is 0 Å². The number of carbonyl (C=O) groups excluding carboxylic acids is 1. The van der Waals surface area contributed by atoms with E-state index in [1.165, 1.54) is 18.2 Å². The number of oxime groups is 1. The van der Waals surface area contributed by atoms with Crippen LogP contribution < -0.4 is 11.1 Å². The fraction of sp³-hybridized carbons (Fsp3) is 0. The van der Waals surface area contributed by atoms with Gasteiger partial charge in [-0.15, -0.1) is 0 Å². The van der Waals surface area contributed by atoms with Crippen LogP contribution in [0.4, 0.5) is 10.1 Å². The second kappa shape index (κ2) is 6.36. The molecule has 0 radical (unpaired) electrons. The van der Waals surface area contributed by atoms with Crippen molar-refractivity contribution in [3.63, 3.8) is 0 Å². The summed E-state index contributed by atoms with van der Waals surface area (Å²) in [6.07, 6.45) is 0. The first kappa shape index (κ1) is 15.0. The molecule has 2 rings (SSSR count). The molecule has 0 fully saturated rings. The van der Waals surface area contributed by atoms with Crippen molar-refractivity contribution in [1.29, 1.82) is 0 Å². The van der Waals surface area contributed by atoms with Crippen molar-refractivity contribution >= 4 is 33.4 Å². The Balaban J connectivity index is 2.24. The molecule has 2 aromatic carbocycles. The average Bonchev–Trinajstić information content (AvgIpc) is 2.49. The zero-order valence-electron chi connectivity index (χ0n) is 10.7. The zero-order chi connectivity index (χ0) is 15.4. The number of amidine groups is 1. The number of anilines is 1. The van der Waals surface area contributed by atoms with Crippen LogP contribution in [0.1, 0.15) is 15.9 Å². The van der Waals surface area contributed by atoms with Crippen LogP contribution in [0.15, 0.2) is 52.1 Å². The number of hydrogen-bond donors (Lipinski definition) is 3. The molecule has 7 heteroatoms. The predicted octanol–water partition coefficient (Wildman–Crippen LogP) is 2.94. The van der Waals surface area contributed by atoms with Gasteiger partial charge in [-0.2, -0.15) is 0 Å². The molecular weight excluding hydrogens is 341 g/mol. The molecule has 0 aliphatic rings. The molecule has 0 atom stereocenters. The Labute approximate surface area is 128 Å². The average molecular weight is 352 g/mol. The summed E-state index contributed by atoms with van der Waals surface area (Å²) in [5.41, 5.74) is 6.18. The molecule has 0 saturated carbocycles. The molecule has 0 aliphatic heterocycles. The largest absolute Gasteiger partial charge is 0.409 e. The van der Waals surface area contributed by atoms with Gasteiger partial charge in [-0.3, -0.25) is 4.79 Å². The summed E-state index contributed by atoms with van der Waals surface area (Å²) in [6, 6.07) is 10.5. The van der Waals surface area contributed by atoms with E-state index in [1.807, 2.05) is 0 Å². The SMILES string of the molecule is N/C(=N\O)c1cccc(C(=O)Nc2ccc(Br)cc2F)c1. The minimum absolute atomic E-state index is 0.0670. The third-order valence-corrected chi connectivity index (χ3v) is 3.20. The van der Waals surface area contributed by atoms with Gasteiger partial charge in [0.15, 0.2) is 5.84 Å². The zero-order valence-corrected chi connectivity index (χ0v) is 12.3. The highest BCUT2D eigenvalue weighted by Crippen LogP contribution is 2.20. The van der Waals surface area contributed by atoms with E-state index in [0.29, 0.717) is 10.0 Å². The van der Waals surface area contributed by atoms with E-state index < -0.39 is 11.7 Å². The summed E-state index contributed by atoms with van der Waals surface area (Å²) in [5, 5.41) is 13.9. The van der Waals surface area contributed by atoms with Gasteiger partial charge in [-0.05, 0) is 30.3 Å². The fourth-order valence-electron chi connectivity index (χ4n) is 1.66. The van der Waals surface area contributed by atoms with Crippen LogP contribution in [-0.2, 0) is 0 Å². The summed E-state index contributed by atoms with van der Waals surface area (Å²) < 4.78 is 14.2. The Morgan fingerprint density at radius 2 is 1.95 bits per heavy atom. The van der Waals surface area contributed by atoms with Gasteiger partial charge in [0.05, 0.1) is 5.69 Å². The Kier molecular flexibility index (Phi) is 4.54. The third kappa shape index (κ3) is 3.57. The van der Waals surface area contributed by atoms with Crippen molar-refractivity contribution in [2.24, 2.45) is 10.9 Å². The van der Waals surface area contributed by atoms with E-state index in [0.717, 1.165) is 0 Å². The summed E-state index contributed by atoms with van der Waals surface area (Å²) in [4.78, 5) is 12.1. The Bertz CT molecular complexity index is 719. The molecule has 0 aromatic heterocycles. The molecule has 21 heavy (non-hydrogen) atoms. The van der Waals surface area contributed by atoms with Gasteiger partial charge in [-0.25, -0.2) is 4.39 Å². The molecule has 0 spiro atoms. The third-order valence-electron chi connectivity index (χ3n) is 2.71. The van der Waals surface area contributed by atoms with E-state index in [-0.39, 0.29) is 17.1 Å². The maximum absolute atomic E-state index is 13.7. The van der Waals surface area contributed by atoms with Crippen LogP contribution in [-0.4, -0.2) is 17.0 Å². The summed E-state index contributed by atoms with van der Waals surface area (Å²) in [5.74, 6) is -1.16. The van der Waals surface area contributed by atoms with E-state index >= 15 is 0 Å². The maximum atomic E-state index is 13.7. The Hall–Kier alpha value is -2.41. The van der Waals surface area contributed by atoms with Gasteiger partial charge >= 0.3 is 0 Å². The fourth-order valence-corrected chi connectivity index (χ4v) is 2.00. The van der Waals surface area contributed by atoms with Crippen molar-refractivity contribution in [3.05, 3.63) is 63.9 Å². The minimum atomic E-state index is -0.551. The number of nitrogens with zero attached hydrogens (tertiary/aromatic N) is 1. The number of rotatable bonds is 3. The van der Waals surface area contributed by atoms with Crippen LogP contribution in [0.5, 0.6) is 0 Å². The standard InChI is InChI=1S/C14H11BrFN3O2/c15-10-4-5-12(11(16)7-10)18-14(20)9-3-1-2-8(6-9)13(17)19-21/h1-7,21H,(H2,17,19)(H,18,20). The lowest BCUT2D eigenvalue weighted by Crippen LogP contribution is -2.16. The molecule has 2 aromatic rings. The first-order valence-corrected chi connectivity index (χ1v) is 6.65. The summed E-state index contributed by atoms with van der Waals surface area (Å²) >= 11 is 3.14. The van der Waals surface area contributed by atoms with Crippen molar-refractivity contribution in [1.82, 2.24) is 0 Å². The molecule has 0 unspecified atom stereocenters.